The summed E-state index contributed by atoms with van der Waals surface area (Å²) in [5, 5.41) is 3.10. The van der Waals surface area contributed by atoms with E-state index in [-0.39, 0.29) is 5.54 Å². The normalized spacial score (nSPS) is 12.7. The lowest BCUT2D eigenvalue weighted by Gasteiger charge is -2.30. The van der Waals surface area contributed by atoms with Crippen molar-refractivity contribution in [2.24, 2.45) is 17.6 Å². The Hall–Kier alpha value is -0.410. The second-order valence-corrected chi connectivity index (χ2v) is 6.08. The third-order valence-corrected chi connectivity index (χ3v) is 3.40. The molecule has 0 fully saturated rings. The highest BCUT2D eigenvalue weighted by molar-refractivity contribution is 7.09. The molecule has 0 spiro atoms. The van der Waals surface area contributed by atoms with Crippen LogP contribution in [0, 0.1) is 11.8 Å². The van der Waals surface area contributed by atoms with E-state index in [0.717, 1.165) is 17.8 Å². The minimum Gasteiger partial charge on any atom is -0.319 e. The van der Waals surface area contributed by atoms with Gasteiger partial charge in [-0.1, -0.05) is 27.7 Å². The summed E-state index contributed by atoms with van der Waals surface area (Å²) in [6.45, 7) is 8.87. The Bertz CT molecular complexity index is 268. The molecule has 3 heteroatoms. The topological polar surface area (TPSA) is 38.9 Å². The second-order valence-electron chi connectivity index (χ2n) is 5.19. The number of nitrogens with two attached hydrogens (primary N) is 1. The Labute approximate surface area is 96.9 Å². The number of hydrogen-bond acceptors (Lipinski definition) is 3. The fourth-order valence-corrected chi connectivity index (χ4v) is 2.96. The van der Waals surface area contributed by atoms with Crippen molar-refractivity contribution in [3.8, 4) is 0 Å². The molecular weight excluding hydrogens is 204 g/mol. The Kier molecular flexibility index (Phi) is 4.29. The Morgan fingerprint density at radius 1 is 1.27 bits per heavy atom. The van der Waals surface area contributed by atoms with Crippen LogP contribution in [-0.2, 0) is 5.54 Å². The SMILES string of the molecule is CC(C)CC(N)(CC(C)C)c1nccs1. The molecule has 86 valence electrons. The molecule has 1 aromatic rings. The van der Waals surface area contributed by atoms with Crippen LogP contribution in [0.5, 0.6) is 0 Å². The van der Waals surface area contributed by atoms with Gasteiger partial charge in [0.05, 0.1) is 5.54 Å². The van der Waals surface area contributed by atoms with Crippen molar-refractivity contribution in [2.45, 2.75) is 46.1 Å². The molecule has 0 unspecified atom stereocenters. The van der Waals surface area contributed by atoms with Crippen LogP contribution in [-0.4, -0.2) is 4.98 Å². The van der Waals surface area contributed by atoms with E-state index in [1.807, 2.05) is 11.6 Å². The molecule has 1 aromatic heterocycles. The summed E-state index contributed by atoms with van der Waals surface area (Å²) in [6, 6.07) is 0. The average molecular weight is 226 g/mol. The summed E-state index contributed by atoms with van der Waals surface area (Å²) in [6.07, 6.45) is 3.87. The first-order valence-corrected chi connectivity index (χ1v) is 6.51. The molecule has 15 heavy (non-hydrogen) atoms. The zero-order valence-corrected chi connectivity index (χ0v) is 11.0. The first-order chi connectivity index (χ1) is 6.94. The predicted octanol–water partition coefficient (Wildman–Crippen LogP) is 3.39. The Balaban J connectivity index is 2.85. The standard InChI is InChI=1S/C12H22N2S/c1-9(2)7-12(13,8-10(3)4)11-14-5-6-15-11/h5-6,9-10H,7-8,13H2,1-4H3. The fraction of sp³-hybridized carbons (Fsp3) is 0.750. The highest BCUT2D eigenvalue weighted by atomic mass is 32.1. The minimum atomic E-state index is -0.226. The van der Waals surface area contributed by atoms with Gasteiger partial charge in [-0.3, -0.25) is 0 Å². The van der Waals surface area contributed by atoms with Gasteiger partial charge in [0, 0.05) is 11.6 Å². The summed E-state index contributed by atoms with van der Waals surface area (Å²) in [5.74, 6) is 1.22. The van der Waals surface area contributed by atoms with E-state index in [4.69, 9.17) is 5.73 Å². The maximum Gasteiger partial charge on any atom is 0.112 e. The molecular formula is C12H22N2S. The molecule has 2 N–H and O–H groups in total. The minimum absolute atomic E-state index is 0.226. The molecule has 0 aromatic carbocycles. The van der Waals surface area contributed by atoms with Crippen LogP contribution >= 0.6 is 11.3 Å². The van der Waals surface area contributed by atoms with Gasteiger partial charge in [0.1, 0.15) is 5.01 Å². The number of rotatable bonds is 5. The first-order valence-electron chi connectivity index (χ1n) is 5.63. The van der Waals surface area contributed by atoms with E-state index >= 15 is 0 Å². The monoisotopic (exact) mass is 226 g/mol. The lowest BCUT2D eigenvalue weighted by molar-refractivity contribution is 0.288. The number of thiazole rings is 1. The van der Waals surface area contributed by atoms with E-state index in [2.05, 4.69) is 32.7 Å². The van der Waals surface area contributed by atoms with E-state index in [9.17, 15) is 0 Å². The summed E-state index contributed by atoms with van der Waals surface area (Å²) in [5.41, 5.74) is 6.29. The zero-order chi connectivity index (χ0) is 11.5. The highest BCUT2D eigenvalue weighted by Gasteiger charge is 2.31. The van der Waals surface area contributed by atoms with Gasteiger partial charge < -0.3 is 5.73 Å². The molecule has 0 bridgehead atoms. The first kappa shape index (κ1) is 12.7. The molecule has 0 saturated carbocycles. The molecule has 2 nitrogen and oxygen atoms in total. The van der Waals surface area contributed by atoms with Crippen molar-refractivity contribution in [3.05, 3.63) is 16.6 Å². The molecule has 0 radical (unpaired) electrons. The maximum absolute atomic E-state index is 6.51. The molecule has 0 aliphatic carbocycles. The molecule has 0 aliphatic rings. The van der Waals surface area contributed by atoms with Crippen LogP contribution in [0.1, 0.15) is 45.5 Å². The van der Waals surface area contributed by atoms with Gasteiger partial charge >= 0.3 is 0 Å². The lowest BCUT2D eigenvalue weighted by Crippen LogP contribution is -2.39. The summed E-state index contributed by atoms with van der Waals surface area (Å²) in [4.78, 5) is 4.39. The van der Waals surface area contributed by atoms with Crippen LogP contribution < -0.4 is 5.73 Å². The van der Waals surface area contributed by atoms with Gasteiger partial charge in [-0.25, -0.2) is 4.98 Å². The van der Waals surface area contributed by atoms with E-state index in [1.54, 1.807) is 11.3 Å². The average Bonchev–Trinajstić information content (AvgIpc) is 2.51. The predicted molar refractivity (Wildman–Crippen MR) is 66.9 cm³/mol. The van der Waals surface area contributed by atoms with Crippen molar-refractivity contribution in [3.63, 3.8) is 0 Å². The third-order valence-electron chi connectivity index (χ3n) is 2.40. The molecule has 0 saturated heterocycles. The smallest absolute Gasteiger partial charge is 0.112 e. The van der Waals surface area contributed by atoms with Crippen molar-refractivity contribution in [1.29, 1.82) is 0 Å². The van der Waals surface area contributed by atoms with E-state index in [1.165, 1.54) is 0 Å². The number of aromatic nitrogens is 1. The van der Waals surface area contributed by atoms with Crippen LogP contribution in [0.25, 0.3) is 0 Å². The summed E-state index contributed by atoms with van der Waals surface area (Å²) >= 11 is 1.68. The van der Waals surface area contributed by atoms with E-state index < -0.39 is 0 Å². The van der Waals surface area contributed by atoms with Gasteiger partial charge in [-0.05, 0) is 24.7 Å². The molecule has 0 atom stereocenters. The van der Waals surface area contributed by atoms with Crippen molar-refractivity contribution < 1.29 is 0 Å². The maximum atomic E-state index is 6.51. The van der Waals surface area contributed by atoms with E-state index in [0.29, 0.717) is 11.8 Å². The largest absolute Gasteiger partial charge is 0.319 e. The molecule has 0 aliphatic heterocycles. The number of nitrogens with zero attached hydrogens (tertiary/aromatic N) is 1. The Morgan fingerprint density at radius 2 is 1.80 bits per heavy atom. The van der Waals surface area contributed by atoms with Gasteiger partial charge in [-0.2, -0.15) is 0 Å². The van der Waals surface area contributed by atoms with Crippen LogP contribution in [0.2, 0.25) is 0 Å². The van der Waals surface area contributed by atoms with Gasteiger partial charge in [0.15, 0.2) is 0 Å². The van der Waals surface area contributed by atoms with Crippen molar-refractivity contribution >= 4 is 11.3 Å². The summed E-state index contributed by atoms with van der Waals surface area (Å²) in [7, 11) is 0. The fourth-order valence-electron chi connectivity index (χ4n) is 2.18. The van der Waals surface area contributed by atoms with Crippen LogP contribution in [0.15, 0.2) is 11.6 Å². The Morgan fingerprint density at radius 3 is 2.13 bits per heavy atom. The number of hydrogen-bond donors (Lipinski definition) is 1. The highest BCUT2D eigenvalue weighted by Crippen LogP contribution is 2.33. The van der Waals surface area contributed by atoms with Crippen LogP contribution in [0.4, 0.5) is 0 Å². The third kappa shape index (κ3) is 3.58. The molecule has 1 rings (SSSR count). The van der Waals surface area contributed by atoms with Gasteiger partial charge in [0.2, 0.25) is 0 Å². The summed E-state index contributed by atoms with van der Waals surface area (Å²) < 4.78 is 0. The second kappa shape index (κ2) is 5.08. The molecule has 1 heterocycles. The quantitative estimate of drug-likeness (QED) is 0.836. The van der Waals surface area contributed by atoms with Crippen LogP contribution in [0.3, 0.4) is 0 Å². The van der Waals surface area contributed by atoms with Crippen molar-refractivity contribution in [1.82, 2.24) is 4.98 Å². The van der Waals surface area contributed by atoms with Gasteiger partial charge in [0.25, 0.3) is 0 Å². The lowest BCUT2D eigenvalue weighted by atomic mass is 9.83. The molecule has 0 amide bonds. The van der Waals surface area contributed by atoms with Crippen molar-refractivity contribution in [2.75, 3.05) is 0 Å². The zero-order valence-electron chi connectivity index (χ0n) is 10.2. The van der Waals surface area contributed by atoms with Gasteiger partial charge in [-0.15, -0.1) is 11.3 Å².